The minimum absolute atomic E-state index is 0.0866. The number of ether oxygens (including phenoxy) is 2. The smallest absolute Gasteiger partial charge is 0.242 e. The van der Waals surface area contributed by atoms with E-state index in [-0.39, 0.29) is 12.0 Å². The number of carbonyl (C=O) groups is 2. The van der Waals surface area contributed by atoms with Crippen LogP contribution >= 0.6 is 0 Å². The number of carbonyl (C=O) groups excluding carboxylic acids is 2. The first kappa shape index (κ1) is 17.0. The lowest BCUT2D eigenvalue weighted by molar-refractivity contribution is -0.104. The Hall–Kier alpha value is -4.13. The second kappa shape index (κ2) is 6.49. The van der Waals surface area contributed by atoms with Gasteiger partial charge in [-0.1, -0.05) is 12.1 Å². The highest BCUT2D eigenvalue weighted by atomic mass is 19.1. The quantitative estimate of drug-likeness (QED) is 0.307. The van der Waals surface area contributed by atoms with Crippen LogP contribution in [0.15, 0.2) is 61.1 Å². The molecule has 0 saturated carbocycles. The molecule has 1 aliphatic heterocycles. The van der Waals surface area contributed by atoms with Gasteiger partial charge in [0.1, 0.15) is 12.1 Å². The van der Waals surface area contributed by atoms with E-state index in [1.54, 1.807) is 30.6 Å². The third kappa shape index (κ3) is 2.71. The van der Waals surface area contributed by atoms with Crippen LogP contribution in [0.25, 0.3) is 27.8 Å². The van der Waals surface area contributed by atoms with E-state index in [4.69, 9.17) is 9.47 Å². The molecule has 0 atom stereocenters. The van der Waals surface area contributed by atoms with E-state index in [0.717, 1.165) is 0 Å². The highest BCUT2D eigenvalue weighted by molar-refractivity contribution is 6.34. The zero-order valence-electron chi connectivity index (χ0n) is 14.9. The van der Waals surface area contributed by atoms with Crippen molar-refractivity contribution in [3.8, 4) is 22.6 Å². The van der Waals surface area contributed by atoms with Crippen LogP contribution in [0, 0.1) is 5.82 Å². The fraction of sp³-hybridized carbons (Fsp3) is 0. The number of halogens is 1. The van der Waals surface area contributed by atoms with E-state index in [2.05, 4.69) is 9.97 Å². The number of ketones is 1. The summed E-state index contributed by atoms with van der Waals surface area (Å²) in [5.41, 5.74) is 2.27. The summed E-state index contributed by atoms with van der Waals surface area (Å²) >= 11 is 0. The monoisotopic (exact) mass is 388 g/mol. The number of aromatic amines is 2. The van der Waals surface area contributed by atoms with Crippen LogP contribution in [0.1, 0.15) is 16.1 Å². The summed E-state index contributed by atoms with van der Waals surface area (Å²) in [6.45, 7) is 0. The molecule has 142 valence electrons. The molecule has 6 nitrogen and oxygen atoms in total. The summed E-state index contributed by atoms with van der Waals surface area (Å²) < 4.78 is 25.5. The maximum atomic E-state index is 13.9. The van der Waals surface area contributed by atoms with Crippen molar-refractivity contribution in [1.82, 2.24) is 9.97 Å². The molecule has 2 aromatic carbocycles. The Balaban J connectivity index is 1.71. The summed E-state index contributed by atoms with van der Waals surface area (Å²) in [6.07, 6.45) is 4.89. The van der Waals surface area contributed by atoms with Crippen molar-refractivity contribution in [2.45, 2.75) is 0 Å². The molecule has 0 radical (unpaired) electrons. The molecule has 29 heavy (non-hydrogen) atoms. The first-order chi connectivity index (χ1) is 14.2. The molecule has 4 aromatic rings. The molecular weight excluding hydrogens is 375 g/mol. The average Bonchev–Trinajstić information content (AvgIpc) is 3.36. The fourth-order valence-electron chi connectivity index (χ4n) is 3.46. The third-order valence-corrected chi connectivity index (χ3v) is 4.77. The predicted octanol–water partition coefficient (Wildman–Crippen LogP) is 4.45. The maximum Gasteiger partial charge on any atom is 0.242 e. The average molecular weight is 388 g/mol. The van der Waals surface area contributed by atoms with E-state index in [0.29, 0.717) is 44.9 Å². The summed E-state index contributed by atoms with van der Waals surface area (Å²) in [7, 11) is 0. The molecule has 0 unspecified atom stereocenters. The van der Waals surface area contributed by atoms with E-state index < -0.39 is 11.6 Å². The van der Waals surface area contributed by atoms with Crippen LogP contribution < -0.4 is 9.47 Å². The van der Waals surface area contributed by atoms with Crippen LogP contribution in [0.4, 0.5) is 4.39 Å². The van der Waals surface area contributed by atoms with E-state index >= 15 is 0 Å². The molecule has 0 saturated heterocycles. The number of Topliss-reactive ketones (excluding diaryl/α,β-unsaturated/α-hetero) is 1. The summed E-state index contributed by atoms with van der Waals surface area (Å²) in [5, 5.41) is 0.573. The summed E-state index contributed by atoms with van der Waals surface area (Å²) in [4.78, 5) is 29.3. The molecule has 7 heteroatoms. The topological polar surface area (TPSA) is 84.2 Å². The molecule has 1 aliphatic rings. The van der Waals surface area contributed by atoms with Gasteiger partial charge >= 0.3 is 0 Å². The third-order valence-electron chi connectivity index (χ3n) is 4.77. The van der Waals surface area contributed by atoms with Gasteiger partial charge in [-0.3, -0.25) is 9.59 Å². The highest BCUT2D eigenvalue weighted by Crippen LogP contribution is 2.41. The molecule has 2 N–H and O–H groups in total. The van der Waals surface area contributed by atoms with Gasteiger partial charge in [-0.2, -0.15) is 0 Å². The first-order valence-corrected chi connectivity index (χ1v) is 8.77. The van der Waals surface area contributed by atoms with Gasteiger partial charge in [0.15, 0.2) is 23.5 Å². The molecule has 2 aromatic heterocycles. The van der Waals surface area contributed by atoms with E-state index in [1.165, 1.54) is 18.4 Å². The minimum Gasteiger partial charge on any atom is -0.457 e. The Morgan fingerprint density at radius 2 is 1.79 bits per heavy atom. The van der Waals surface area contributed by atoms with Crippen molar-refractivity contribution >= 4 is 28.7 Å². The Labute approximate surface area is 163 Å². The normalized spacial score (nSPS) is 12.7. The molecule has 0 aliphatic carbocycles. The molecule has 0 spiro atoms. The highest BCUT2D eigenvalue weighted by Gasteiger charge is 2.26. The number of aldehydes is 1. The summed E-state index contributed by atoms with van der Waals surface area (Å²) in [5.74, 6) is 0.293. The van der Waals surface area contributed by atoms with Crippen molar-refractivity contribution in [1.29, 1.82) is 0 Å². The van der Waals surface area contributed by atoms with Gasteiger partial charge in [0.05, 0.1) is 5.69 Å². The van der Waals surface area contributed by atoms with Crippen LogP contribution in [-0.4, -0.2) is 22.0 Å². The van der Waals surface area contributed by atoms with Crippen LogP contribution in [-0.2, 0) is 4.79 Å². The van der Waals surface area contributed by atoms with Gasteiger partial charge in [0, 0.05) is 40.0 Å². The molecular formula is C22H13FN2O4. The van der Waals surface area contributed by atoms with E-state index in [9.17, 15) is 14.0 Å². The minimum atomic E-state index is -0.727. The molecule has 3 heterocycles. The van der Waals surface area contributed by atoms with Gasteiger partial charge in [-0.05, 0) is 30.3 Å². The number of hydrogen-bond acceptors (Lipinski definition) is 4. The molecule has 0 amide bonds. The number of rotatable bonds is 4. The molecule has 0 fully saturated rings. The number of fused-ring (bicyclic) bond motifs is 2. The Bertz CT molecular complexity index is 1320. The lowest BCUT2D eigenvalue weighted by Gasteiger charge is -2.18. The Morgan fingerprint density at radius 1 is 1.00 bits per heavy atom. The zero-order valence-corrected chi connectivity index (χ0v) is 14.9. The Morgan fingerprint density at radius 3 is 2.62 bits per heavy atom. The standard InChI is InChI=1S/C22H13FN2O4/c23-12-5-6-16-13(7-12)14(8-24-16)21-15(9-25-22(21)17(27)10-26)20-11-28-18-3-1-2-4-19(18)29-20/h1-11,24-25H. The van der Waals surface area contributed by atoms with Crippen LogP contribution in [0.3, 0.4) is 0 Å². The van der Waals surface area contributed by atoms with Gasteiger partial charge < -0.3 is 19.4 Å². The lowest BCUT2D eigenvalue weighted by atomic mass is 9.98. The van der Waals surface area contributed by atoms with Gasteiger partial charge in [0.2, 0.25) is 5.78 Å². The fourth-order valence-corrected chi connectivity index (χ4v) is 3.46. The Kier molecular flexibility index (Phi) is 3.80. The van der Waals surface area contributed by atoms with Crippen LogP contribution in [0.5, 0.6) is 11.5 Å². The molecule has 0 bridgehead atoms. The number of aromatic nitrogens is 2. The van der Waals surface area contributed by atoms with Crippen molar-refractivity contribution < 1.29 is 23.5 Å². The molecule has 5 rings (SSSR count). The lowest BCUT2D eigenvalue weighted by Crippen LogP contribution is -2.06. The second-order valence-corrected chi connectivity index (χ2v) is 6.48. The van der Waals surface area contributed by atoms with Crippen LogP contribution in [0.2, 0.25) is 0 Å². The zero-order chi connectivity index (χ0) is 20.0. The van der Waals surface area contributed by atoms with E-state index in [1.807, 2.05) is 12.1 Å². The number of hydrogen-bond donors (Lipinski definition) is 2. The van der Waals surface area contributed by atoms with Crippen molar-refractivity contribution in [3.05, 3.63) is 78.2 Å². The second-order valence-electron chi connectivity index (χ2n) is 6.48. The van der Waals surface area contributed by atoms with Crippen molar-refractivity contribution in [2.24, 2.45) is 0 Å². The number of benzene rings is 2. The number of para-hydroxylation sites is 2. The largest absolute Gasteiger partial charge is 0.457 e. The van der Waals surface area contributed by atoms with Gasteiger partial charge in [-0.25, -0.2) is 4.39 Å². The van der Waals surface area contributed by atoms with Gasteiger partial charge in [-0.15, -0.1) is 0 Å². The van der Waals surface area contributed by atoms with Gasteiger partial charge in [0.25, 0.3) is 0 Å². The first-order valence-electron chi connectivity index (χ1n) is 8.77. The SMILES string of the molecule is O=CC(=O)c1[nH]cc(C2=COc3ccccc3O2)c1-c1c[nH]c2ccc(F)cc12. The number of nitrogens with one attached hydrogen (secondary N) is 2. The van der Waals surface area contributed by atoms with Crippen molar-refractivity contribution in [2.75, 3.05) is 0 Å². The number of H-pyrrole nitrogens is 2. The van der Waals surface area contributed by atoms with Crippen molar-refractivity contribution in [3.63, 3.8) is 0 Å². The predicted molar refractivity (Wildman–Crippen MR) is 104 cm³/mol. The summed E-state index contributed by atoms with van der Waals surface area (Å²) in [6, 6.07) is 11.5. The maximum absolute atomic E-state index is 13.9.